The third-order valence-electron chi connectivity index (χ3n) is 2.89. The Balaban J connectivity index is 2.36. The third kappa shape index (κ3) is 6.53. The van der Waals surface area contributed by atoms with Crippen LogP contribution in [0.15, 0.2) is 28.7 Å². The molecular formula is C15H24BrNO. The van der Waals surface area contributed by atoms with Gasteiger partial charge in [0.15, 0.2) is 0 Å². The van der Waals surface area contributed by atoms with Crippen LogP contribution < -0.4 is 5.32 Å². The molecule has 0 saturated heterocycles. The zero-order chi connectivity index (χ0) is 13.6. The lowest BCUT2D eigenvalue weighted by Crippen LogP contribution is -2.33. The smallest absolute Gasteiger partial charge is 0.0672 e. The van der Waals surface area contributed by atoms with E-state index in [1.54, 1.807) is 0 Å². The van der Waals surface area contributed by atoms with Crippen molar-refractivity contribution in [1.82, 2.24) is 5.32 Å². The maximum atomic E-state index is 10.4. The molecule has 0 spiro atoms. The highest BCUT2D eigenvalue weighted by Gasteiger charge is 2.20. The Morgan fingerprint density at radius 1 is 1.28 bits per heavy atom. The van der Waals surface area contributed by atoms with Gasteiger partial charge in [0.05, 0.1) is 5.60 Å². The zero-order valence-electron chi connectivity index (χ0n) is 11.5. The van der Waals surface area contributed by atoms with Crippen LogP contribution in [0.5, 0.6) is 0 Å². The first-order chi connectivity index (χ1) is 8.39. The molecule has 0 fully saturated rings. The van der Waals surface area contributed by atoms with Crippen LogP contribution in [-0.4, -0.2) is 23.8 Å². The quantitative estimate of drug-likeness (QED) is 0.756. The van der Waals surface area contributed by atoms with Crippen molar-refractivity contribution in [2.75, 3.05) is 13.1 Å². The molecule has 3 heteroatoms. The molecular weight excluding hydrogens is 290 g/mol. The highest BCUT2D eigenvalue weighted by molar-refractivity contribution is 9.10. The number of rotatable bonds is 7. The number of hydrogen-bond acceptors (Lipinski definition) is 2. The Morgan fingerprint density at radius 2 is 1.89 bits per heavy atom. The van der Waals surface area contributed by atoms with E-state index in [1.807, 2.05) is 19.1 Å². The average Bonchev–Trinajstić information content (AvgIpc) is 2.27. The average molecular weight is 314 g/mol. The molecule has 0 aromatic heterocycles. The molecule has 0 radical (unpaired) electrons. The van der Waals surface area contributed by atoms with Crippen molar-refractivity contribution in [3.8, 4) is 0 Å². The van der Waals surface area contributed by atoms with E-state index in [4.69, 9.17) is 0 Å². The summed E-state index contributed by atoms with van der Waals surface area (Å²) in [5.74, 6) is 0.654. The van der Waals surface area contributed by atoms with Crippen LogP contribution in [0.25, 0.3) is 0 Å². The van der Waals surface area contributed by atoms with E-state index in [9.17, 15) is 5.11 Å². The molecule has 0 amide bonds. The van der Waals surface area contributed by atoms with Crippen molar-refractivity contribution in [3.63, 3.8) is 0 Å². The van der Waals surface area contributed by atoms with Crippen LogP contribution in [-0.2, 0) is 6.42 Å². The van der Waals surface area contributed by atoms with Crippen molar-refractivity contribution >= 4 is 15.9 Å². The minimum atomic E-state index is -0.641. The van der Waals surface area contributed by atoms with Gasteiger partial charge in [-0.25, -0.2) is 0 Å². The normalized spacial score (nSPS) is 14.8. The summed E-state index contributed by atoms with van der Waals surface area (Å²) in [6.07, 6.45) is 1.47. The fraction of sp³-hybridized carbons (Fsp3) is 0.600. The number of nitrogens with one attached hydrogen (secondary N) is 1. The summed E-state index contributed by atoms with van der Waals surface area (Å²) in [6, 6.07) is 8.14. The highest BCUT2D eigenvalue weighted by Crippen LogP contribution is 2.18. The van der Waals surface area contributed by atoms with E-state index in [1.165, 1.54) is 5.56 Å². The van der Waals surface area contributed by atoms with E-state index in [2.05, 4.69) is 47.2 Å². The predicted octanol–water partition coefficient (Wildman–Crippen LogP) is 3.38. The molecule has 0 heterocycles. The van der Waals surface area contributed by atoms with Gasteiger partial charge in [0.2, 0.25) is 0 Å². The lowest BCUT2D eigenvalue weighted by Gasteiger charge is -2.24. The van der Waals surface area contributed by atoms with Gasteiger partial charge in [-0.15, -0.1) is 0 Å². The number of hydrogen-bond donors (Lipinski definition) is 2. The molecule has 102 valence electrons. The number of halogens is 1. The van der Waals surface area contributed by atoms with Gasteiger partial charge >= 0.3 is 0 Å². The van der Waals surface area contributed by atoms with Crippen LogP contribution in [0, 0.1) is 5.92 Å². The second-order valence-corrected chi connectivity index (χ2v) is 6.56. The summed E-state index contributed by atoms with van der Waals surface area (Å²) in [4.78, 5) is 0. The molecule has 0 aliphatic rings. The van der Waals surface area contributed by atoms with E-state index < -0.39 is 5.60 Å². The summed E-state index contributed by atoms with van der Waals surface area (Å²) in [6.45, 7) is 8.15. The van der Waals surface area contributed by atoms with Crippen LogP contribution in [0.1, 0.15) is 32.8 Å². The van der Waals surface area contributed by atoms with Gasteiger partial charge in [0, 0.05) is 10.9 Å². The predicted molar refractivity (Wildman–Crippen MR) is 80.8 cm³/mol. The summed E-state index contributed by atoms with van der Waals surface area (Å²) in [5.41, 5.74) is 0.532. The molecule has 2 N–H and O–H groups in total. The highest BCUT2D eigenvalue weighted by atomic mass is 79.9. The Bertz CT molecular complexity index is 346. The summed E-state index contributed by atoms with van der Waals surface area (Å²) >= 11 is 3.42. The molecule has 0 aliphatic carbocycles. The van der Waals surface area contributed by atoms with Crippen molar-refractivity contribution < 1.29 is 5.11 Å². The van der Waals surface area contributed by atoms with Crippen molar-refractivity contribution in [1.29, 1.82) is 0 Å². The number of benzene rings is 1. The second kappa shape index (κ2) is 7.27. The van der Waals surface area contributed by atoms with Crippen LogP contribution in [0.4, 0.5) is 0 Å². The van der Waals surface area contributed by atoms with Gasteiger partial charge in [-0.3, -0.25) is 0 Å². The fourth-order valence-electron chi connectivity index (χ4n) is 1.88. The number of aliphatic hydroxyl groups is 1. The fourth-order valence-corrected chi connectivity index (χ4v) is 2.14. The summed E-state index contributed by atoms with van der Waals surface area (Å²) < 4.78 is 1.07. The van der Waals surface area contributed by atoms with E-state index >= 15 is 0 Å². The maximum absolute atomic E-state index is 10.4. The Hall–Kier alpha value is -0.380. The van der Waals surface area contributed by atoms with Gasteiger partial charge in [0.25, 0.3) is 0 Å². The van der Waals surface area contributed by atoms with E-state index in [-0.39, 0.29) is 0 Å². The molecule has 1 aromatic rings. The molecule has 1 unspecified atom stereocenters. The largest absolute Gasteiger partial charge is 0.390 e. The molecule has 0 aliphatic heterocycles. The Labute approximate surface area is 119 Å². The van der Waals surface area contributed by atoms with Crippen molar-refractivity contribution in [2.45, 2.75) is 39.2 Å². The van der Waals surface area contributed by atoms with E-state index in [0.29, 0.717) is 12.3 Å². The van der Waals surface area contributed by atoms with Crippen molar-refractivity contribution in [2.24, 2.45) is 5.92 Å². The first kappa shape index (κ1) is 15.7. The van der Waals surface area contributed by atoms with Gasteiger partial charge in [-0.2, -0.15) is 0 Å². The molecule has 1 aromatic carbocycles. The standard InChI is InChI=1S/C15H24BrNO/c1-12(2)11-17-9-8-15(3,18)10-13-4-6-14(16)7-5-13/h4-7,12,17-18H,8-11H2,1-3H3. The lowest BCUT2D eigenvalue weighted by molar-refractivity contribution is 0.0514. The van der Waals surface area contributed by atoms with Gasteiger partial charge < -0.3 is 10.4 Å². The maximum Gasteiger partial charge on any atom is 0.0672 e. The van der Waals surface area contributed by atoms with Crippen LogP contribution in [0.3, 0.4) is 0 Å². The van der Waals surface area contributed by atoms with Gasteiger partial charge in [0.1, 0.15) is 0 Å². The minimum Gasteiger partial charge on any atom is -0.390 e. The zero-order valence-corrected chi connectivity index (χ0v) is 13.1. The van der Waals surface area contributed by atoms with Crippen LogP contribution >= 0.6 is 15.9 Å². The molecule has 0 saturated carbocycles. The first-order valence-corrected chi connectivity index (χ1v) is 7.36. The minimum absolute atomic E-state index is 0.641. The molecule has 0 bridgehead atoms. The van der Waals surface area contributed by atoms with Crippen molar-refractivity contribution in [3.05, 3.63) is 34.3 Å². The lowest BCUT2D eigenvalue weighted by atomic mass is 9.93. The molecule has 1 rings (SSSR count). The first-order valence-electron chi connectivity index (χ1n) is 6.56. The third-order valence-corrected chi connectivity index (χ3v) is 3.42. The topological polar surface area (TPSA) is 32.3 Å². The summed E-state index contributed by atoms with van der Waals surface area (Å²) in [7, 11) is 0. The van der Waals surface area contributed by atoms with E-state index in [0.717, 1.165) is 24.0 Å². The van der Waals surface area contributed by atoms with Gasteiger partial charge in [-0.1, -0.05) is 41.9 Å². The molecule has 2 nitrogen and oxygen atoms in total. The SMILES string of the molecule is CC(C)CNCCC(C)(O)Cc1ccc(Br)cc1. The molecule has 18 heavy (non-hydrogen) atoms. The Kier molecular flexibility index (Phi) is 6.33. The monoisotopic (exact) mass is 313 g/mol. The van der Waals surface area contributed by atoms with Gasteiger partial charge in [-0.05, 0) is 50.0 Å². The van der Waals surface area contributed by atoms with Crippen LogP contribution in [0.2, 0.25) is 0 Å². The Morgan fingerprint density at radius 3 is 2.44 bits per heavy atom. The second-order valence-electron chi connectivity index (χ2n) is 5.65. The summed E-state index contributed by atoms with van der Waals surface area (Å²) in [5, 5.41) is 13.7. The molecule has 1 atom stereocenters.